The van der Waals surface area contributed by atoms with Crippen LogP contribution in [0.3, 0.4) is 0 Å². The summed E-state index contributed by atoms with van der Waals surface area (Å²) < 4.78 is 10.6. The van der Waals surface area contributed by atoms with Crippen molar-refractivity contribution in [2.24, 2.45) is 5.92 Å². The molecule has 100 valence electrons. The van der Waals surface area contributed by atoms with Crippen molar-refractivity contribution >= 4 is 5.97 Å². The molecule has 0 saturated carbocycles. The van der Waals surface area contributed by atoms with Crippen molar-refractivity contribution in [1.29, 1.82) is 0 Å². The Hall–Kier alpha value is -1.51. The minimum Gasteiger partial charge on any atom is -0.493 e. The van der Waals surface area contributed by atoms with Crippen LogP contribution in [0.4, 0.5) is 0 Å². The van der Waals surface area contributed by atoms with Gasteiger partial charge in [-0.25, -0.2) is 0 Å². The fourth-order valence-corrected chi connectivity index (χ4v) is 1.64. The number of carbonyl (C=O) groups is 1. The highest BCUT2D eigenvalue weighted by Crippen LogP contribution is 2.19. The highest BCUT2D eigenvalue weighted by molar-refractivity contribution is 5.69. The topological polar surface area (TPSA) is 35.5 Å². The minimum absolute atomic E-state index is 0.308. The number of unbranched alkanes of at least 4 members (excludes halogenated alkanes) is 1. The lowest BCUT2D eigenvalue weighted by Gasteiger charge is -2.12. The fourth-order valence-electron chi connectivity index (χ4n) is 1.64. The zero-order valence-electron chi connectivity index (χ0n) is 11.4. The van der Waals surface area contributed by atoms with Gasteiger partial charge in [-0.2, -0.15) is 0 Å². The summed E-state index contributed by atoms with van der Waals surface area (Å²) in [4.78, 5) is 10.8. The van der Waals surface area contributed by atoms with Crippen LogP contribution in [0.5, 0.6) is 11.5 Å². The van der Waals surface area contributed by atoms with Crippen LogP contribution < -0.4 is 9.47 Å². The number of hydrogen-bond donors (Lipinski definition) is 0. The molecule has 1 unspecified atom stereocenters. The smallest absolute Gasteiger partial charge is 0.308 e. The first-order chi connectivity index (χ1) is 8.61. The normalized spacial score (nSPS) is 11.9. The number of hydrogen-bond acceptors (Lipinski definition) is 3. The van der Waals surface area contributed by atoms with Gasteiger partial charge in [0, 0.05) is 6.92 Å². The molecule has 0 fully saturated rings. The summed E-state index contributed by atoms with van der Waals surface area (Å²) in [7, 11) is 0. The van der Waals surface area contributed by atoms with Crippen LogP contribution in [0.25, 0.3) is 0 Å². The molecular weight excluding hydrogens is 228 g/mol. The van der Waals surface area contributed by atoms with Gasteiger partial charge in [0.1, 0.15) is 11.5 Å². The van der Waals surface area contributed by atoms with E-state index >= 15 is 0 Å². The van der Waals surface area contributed by atoms with Crippen molar-refractivity contribution in [3.8, 4) is 11.5 Å². The van der Waals surface area contributed by atoms with Crippen molar-refractivity contribution in [1.82, 2.24) is 0 Å². The van der Waals surface area contributed by atoms with E-state index in [1.165, 1.54) is 26.2 Å². The van der Waals surface area contributed by atoms with Crippen molar-refractivity contribution < 1.29 is 14.3 Å². The molecule has 0 amide bonds. The number of benzene rings is 1. The molecule has 0 saturated heterocycles. The van der Waals surface area contributed by atoms with Crippen LogP contribution in [-0.2, 0) is 4.79 Å². The summed E-state index contributed by atoms with van der Waals surface area (Å²) in [6.07, 6.45) is 3.67. The summed E-state index contributed by atoms with van der Waals surface area (Å²) in [5.74, 6) is 1.62. The van der Waals surface area contributed by atoms with E-state index in [4.69, 9.17) is 9.47 Å². The summed E-state index contributed by atoms with van der Waals surface area (Å²) in [5.41, 5.74) is 0. The molecule has 0 spiro atoms. The average Bonchev–Trinajstić information content (AvgIpc) is 2.35. The van der Waals surface area contributed by atoms with Crippen LogP contribution in [-0.4, -0.2) is 12.6 Å². The second-order valence-corrected chi connectivity index (χ2v) is 4.62. The molecule has 0 bridgehead atoms. The molecule has 0 aliphatic heterocycles. The lowest BCUT2D eigenvalue weighted by molar-refractivity contribution is -0.131. The van der Waals surface area contributed by atoms with Crippen LogP contribution in [0, 0.1) is 5.92 Å². The predicted molar refractivity (Wildman–Crippen MR) is 71.9 cm³/mol. The van der Waals surface area contributed by atoms with Gasteiger partial charge in [0.25, 0.3) is 0 Å². The Morgan fingerprint density at radius 1 is 1.22 bits per heavy atom. The van der Waals surface area contributed by atoms with Gasteiger partial charge < -0.3 is 9.47 Å². The molecule has 0 aliphatic carbocycles. The average molecular weight is 250 g/mol. The molecule has 0 aliphatic rings. The van der Waals surface area contributed by atoms with E-state index in [2.05, 4.69) is 13.8 Å². The van der Waals surface area contributed by atoms with Crippen LogP contribution in [0.2, 0.25) is 0 Å². The molecule has 1 aromatic rings. The zero-order chi connectivity index (χ0) is 13.4. The Morgan fingerprint density at radius 3 is 2.39 bits per heavy atom. The molecule has 3 heteroatoms. The summed E-state index contributed by atoms with van der Waals surface area (Å²) >= 11 is 0. The van der Waals surface area contributed by atoms with Crippen LogP contribution >= 0.6 is 0 Å². The molecule has 0 N–H and O–H groups in total. The number of carbonyl (C=O) groups excluding carboxylic acids is 1. The summed E-state index contributed by atoms with van der Waals surface area (Å²) in [5, 5.41) is 0. The van der Waals surface area contributed by atoms with E-state index in [0.717, 1.165) is 12.4 Å². The van der Waals surface area contributed by atoms with Gasteiger partial charge in [0.05, 0.1) is 6.61 Å². The number of rotatable bonds is 7. The third-order valence-electron chi connectivity index (χ3n) is 2.67. The lowest BCUT2D eigenvalue weighted by Crippen LogP contribution is -2.08. The monoisotopic (exact) mass is 250 g/mol. The van der Waals surface area contributed by atoms with Crippen molar-refractivity contribution in [3.05, 3.63) is 24.3 Å². The van der Waals surface area contributed by atoms with E-state index in [9.17, 15) is 4.79 Å². The van der Waals surface area contributed by atoms with Gasteiger partial charge in [0.2, 0.25) is 0 Å². The Bertz CT molecular complexity index is 357. The highest BCUT2D eigenvalue weighted by Gasteiger charge is 2.03. The van der Waals surface area contributed by atoms with Gasteiger partial charge in [-0.05, 0) is 36.6 Å². The fraction of sp³-hybridized carbons (Fsp3) is 0.533. The summed E-state index contributed by atoms with van der Waals surface area (Å²) in [6, 6.07) is 7.14. The van der Waals surface area contributed by atoms with E-state index in [-0.39, 0.29) is 5.97 Å². The van der Waals surface area contributed by atoms with E-state index in [0.29, 0.717) is 11.7 Å². The molecular formula is C15H22O3. The van der Waals surface area contributed by atoms with E-state index in [1.54, 1.807) is 12.1 Å². The van der Waals surface area contributed by atoms with Gasteiger partial charge in [-0.3, -0.25) is 4.79 Å². The second kappa shape index (κ2) is 7.75. The minimum atomic E-state index is -0.308. The zero-order valence-corrected chi connectivity index (χ0v) is 11.4. The highest BCUT2D eigenvalue weighted by atomic mass is 16.5. The first-order valence-corrected chi connectivity index (χ1v) is 6.53. The molecule has 1 aromatic carbocycles. The number of ether oxygens (including phenoxy) is 2. The molecule has 1 atom stereocenters. The van der Waals surface area contributed by atoms with E-state index < -0.39 is 0 Å². The molecule has 18 heavy (non-hydrogen) atoms. The first-order valence-electron chi connectivity index (χ1n) is 6.53. The number of esters is 1. The summed E-state index contributed by atoms with van der Waals surface area (Å²) in [6.45, 7) is 6.51. The Kier molecular flexibility index (Phi) is 6.26. The molecule has 0 heterocycles. The van der Waals surface area contributed by atoms with Crippen molar-refractivity contribution in [2.45, 2.75) is 40.0 Å². The van der Waals surface area contributed by atoms with Crippen molar-refractivity contribution in [3.63, 3.8) is 0 Å². The quantitative estimate of drug-likeness (QED) is 0.545. The van der Waals surface area contributed by atoms with E-state index in [1.807, 2.05) is 12.1 Å². The maximum atomic E-state index is 10.8. The SMILES string of the molecule is CCCCC(C)COc1ccc(OC(C)=O)cc1. The Labute approximate surface area is 109 Å². The van der Waals surface area contributed by atoms with Gasteiger partial charge in [0.15, 0.2) is 0 Å². The van der Waals surface area contributed by atoms with Gasteiger partial charge in [-0.1, -0.05) is 26.7 Å². The van der Waals surface area contributed by atoms with Gasteiger partial charge >= 0.3 is 5.97 Å². The van der Waals surface area contributed by atoms with Crippen LogP contribution in [0.1, 0.15) is 40.0 Å². The van der Waals surface area contributed by atoms with Crippen molar-refractivity contribution in [2.75, 3.05) is 6.61 Å². The maximum Gasteiger partial charge on any atom is 0.308 e. The Morgan fingerprint density at radius 2 is 1.83 bits per heavy atom. The lowest BCUT2D eigenvalue weighted by atomic mass is 10.1. The maximum absolute atomic E-state index is 10.8. The molecule has 0 aromatic heterocycles. The Balaban J connectivity index is 2.36. The standard InChI is InChI=1S/C15H22O3/c1-4-5-6-12(2)11-17-14-7-9-15(10-8-14)18-13(3)16/h7-10,12H,4-6,11H2,1-3H3. The third kappa shape index (κ3) is 5.71. The third-order valence-corrected chi connectivity index (χ3v) is 2.67. The molecule has 0 radical (unpaired) electrons. The predicted octanol–water partition coefficient (Wildman–Crippen LogP) is 3.82. The molecule has 3 nitrogen and oxygen atoms in total. The van der Waals surface area contributed by atoms with Crippen LogP contribution in [0.15, 0.2) is 24.3 Å². The largest absolute Gasteiger partial charge is 0.493 e. The molecule has 1 rings (SSSR count). The second-order valence-electron chi connectivity index (χ2n) is 4.62. The van der Waals surface area contributed by atoms with Gasteiger partial charge in [-0.15, -0.1) is 0 Å². The first kappa shape index (κ1) is 14.6.